The van der Waals surface area contributed by atoms with Crippen molar-refractivity contribution in [3.63, 3.8) is 0 Å². The summed E-state index contributed by atoms with van der Waals surface area (Å²) in [6, 6.07) is 3.81. The van der Waals surface area contributed by atoms with Crippen molar-refractivity contribution in [2.75, 3.05) is 44.6 Å². The third-order valence-electron chi connectivity index (χ3n) is 2.97. The number of halogens is 3. The van der Waals surface area contributed by atoms with Crippen molar-refractivity contribution in [1.29, 1.82) is 0 Å². The normalized spacial score (nSPS) is 15.3. The minimum Gasteiger partial charge on any atom is -0.369 e. The zero-order valence-corrected chi connectivity index (χ0v) is 13.4. The van der Waals surface area contributed by atoms with Gasteiger partial charge in [0.15, 0.2) is 0 Å². The molecule has 110 valence electrons. The van der Waals surface area contributed by atoms with E-state index in [1.54, 1.807) is 0 Å². The molecule has 0 aromatic carbocycles. The molecule has 0 bridgehead atoms. The summed E-state index contributed by atoms with van der Waals surface area (Å²) in [5.74, 6) is 0.905. The van der Waals surface area contributed by atoms with E-state index in [1.807, 2.05) is 19.1 Å². The number of nitrogens with one attached hydrogen (secondary N) is 2. The van der Waals surface area contributed by atoms with Crippen molar-refractivity contribution in [3.05, 3.63) is 22.8 Å². The van der Waals surface area contributed by atoms with E-state index in [4.69, 9.17) is 11.6 Å². The molecule has 1 saturated heterocycles. The fourth-order valence-corrected chi connectivity index (χ4v) is 2.02. The largest absolute Gasteiger partial charge is 0.369 e. The molecule has 1 aliphatic heterocycles. The second kappa shape index (κ2) is 9.61. The Balaban J connectivity index is 0.00000162. The predicted octanol–water partition coefficient (Wildman–Crippen LogP) is 2.20. The van der Waals surface area contributed by atoms with Gasteiger partial charge in [-0.25, -0.2) is 4.98 Å². The highest BCUT2D eigenvalue weighted by Gasteiger charge is 2.08. The average Bonchev–Trinajstić information content (AvgIpc) is 2.35. The van der Waals surface area contributed by atoms with Crippen LogP contribution in [-0.4, -0.2) is 49.2 Å². The first-order valence-electron chi connectivity index (χ1n) is 6.06. The van der Waals surface area contributed by atoms with Crippen LogP contribution in [0.1, 0.15) is 5.69 Å². The van der Waals surface area contributed by atoms with Gasteiger partial charge in [0.25, 0.3) is 0 Å². The van der Waals surface area contributed by atoms with Gasteiger partial charge in [-0.05, 0) is 19.1 Å². The standard InChI is InChI=1S/C12H19ClN4.2ClH/c1-10-11(13)2-3-12(16-10)15-6-9-17-7-4-14-5-8-17;;/h2-3,14H,4-9H2,1H3,(H,15,16);2*1H. The molecule has 1 fully saturated rings. The number of anilines is 1. The topological polar surface area (TPSA) is 40.2 Å². The smallest absolute Gasteiger partial charge is 0.126 e. The molecule has 19 heavy (non-hydrogen) atoms. The maximum atomic E-state index is 5.93. The minimum absolute atomic E-state index is 0. The predicted molar refractivity (Wildman–Crippen MR) is 86.3 cm³/mol. The Morgan fingerprint density at radius 3 is 2.63 bits per heavy atom. The van der Waals surface area contributed by atoms with E-state index in [1.165, 1.54) is 0 Å². The molecule has 0 radical (unpaired) electrons. The summed E-state index contributed by atoms with van der Waals surface area (Å²) >= 11 is 5.93. The first kappa shape index (κ1) is 18.7. The van der Waals surface area contributed by atoms with Gasteiger partial charge in [0, 0.05) is 39.3 Å². The van der Waals surface area contributed by atoms with Gasteiger partial charge in [-0.15, -0.1) is 24.8 Å². The summed E-state index contributed by atoms with van der Waals surface area (Å²) in [6.07, 6.45) is 0. The molecular formula is C12H21Cl3N4. The number of pyridine rings is 1. The molecule has 0 saturated carbocycles. The first-order valence-corrected chi connectivity index (χ1v) is 6.43. The highest BCUT2D eigenvalue weighted by atomic mass is 35.5. The number of hydrogen-bond acceptors (Lipinski definition) is 4. The van der Waals surface area contributed by atoms with Gasteiger partial charge in [0.05, 0.1) is 10.7 Å². The lowest BCUT2D eigenvalue weighted by molar-refractivity contribution is 0.249. The van der Waals surface area contributed by atoms with Crippen LogP contribution in [0.15, 0.2) is 12.1 Å². The third kappa shape index (κ3) is 6.15. The van der Waals surface area contributed by atoms with Crippen LogP contribution in [0, 0.1) is 6.92 Å². The van der Waals surface area contributed by atoms with E-state index in [9.17, 15) is 0 Å². The zero-order valence-electron chi connectivity index (χ0n) is 11.0. The van der Waals surface area contributed by atoms with Gasteiger partial charge in [-0.1, -0.05) is 11.6 Å². The molecule has 0 atom stereocenters. The summed E-state index contributed by atoms with van der Waals surface area (Å²) in [4.78, 5) is 6.83. The summed E-state index contributed by atoms with van der Waals surface area (Å²) in [5.41, 5.74) is 0.874. The minimum atomic E-state index is 0. The molecule has 4 nitrogen and oxygen atoms in total. The van der Waals surface area contributed by atoms with E-state index in [0.717, 1.165) is 55.8 Å². The maximum absolute atomic E-state index is 5.93. The lowest BCUT2D eigenvalue weighted by atomic mass is 10.3. The summed E-state index contributed by atoms with van der Waals surface area (Å²) in [7, 11) is 0. The Labute approximate surface area is 132 Å². The molecule has 1 aromatic heterocycles. The number of hydrogen-bond donors (Lipinski definition) is 2. The summed E-state index contributed by atoms with van der Waals surface area (Å²) < 4.78 is 0. The van der Waals surface area contributed by atoms with E-state index in [-0.39, 0.29) is 24.8 Å². The quantitative estimate of drug-likeness (QED) is 0.889. The van der Waals surface area contributed by atoms with Crippen LogP contribution in [0.5, 0.6) is 0 Å². The molecule has 0 amide bonds. The molecule has 2 rings (SSSR count). The number of nitrogens with zero attached hydrogens (tertiary/aromatic N) is 2. The molecule has 2 N–H and O–H groups in total. The molecule has 0 spiro atoms. The number of aryl methyl sites for hydroxylation is 1. The Morgan fingerprint density at radius 1 is 1.32 bits per heavy atom. The van der Waals surface area contributed by atoms with Gasteiger partial charge in [0.1, 0.15) is 5.82 Å². The van der Waals surface area contributed by atoms with Crippen molar-refractivity contribution in [1.82, 2.24) is 15.2 Å². The Kier molecular flexibility index (Phi) is 9.48. The second-order valence-corrected chi connectivity index (χ2v) is 4.69. The van der Waals surface area contributed by atoms with Gasteiger partial charge >= 0.3 is 0 Å². The van der Waals surface area contributed by atoms with Crippen LogP contribution in [-0.2, 0) is 0 Å². The Bertz CT molecular complexity index is 370. The third-order valence-corrected chi connectivity index (χ3v) is 3.36. The van der Waals surface area contributed by atoms with Crippen LogP contribution < -0.4 is 10.6 Å². The number of aromatic nitrogens is 1. The fraction of sp³-hybridized carbons (Fsp3) is 0.583. The monoisotopic (exact) mass is 326 g/mol. The fourth-order valence-electron chi connectivity index (χ4n) is 1.92. The van der Waals surface area contributed by atoms with Gasteiger partial charge < -0.3 is 10.6 Å². The lowest BCUT2D eigenvalue weighted by Crippen LogP contribution is -2.45. The maximum Gasteiger partial charge on any atom is 0.126 e. The molecule has 7 heteroatoms. The van der Waals surface area contributed by atoms with Crippen molar-refractivity contribution in [3.8, 4) is 0 Å². The van der Waals surface area contributed by atoms with Crippen molar-refractivity contribution in [2.24, 2.45) is 0 Å². The molecule has 1 aromatic rings. The Morgan fingerprint density at radius 2 is 2.00 bits per heavy atom. The number of rotatable bonds is 4. The van der Waals surface area contributed by atoms with E-state index in [2.05, 4.69) is 20.5 Å². The van der Waals surface area contributed by atoms with E-state index >= 15 is 0 Å². The number of piperazine rings is 1. The molecule has 0 aliphatic carbocycles. The van der Waals surface area contributed by atoms with Crippen LogP contribution >= 0.6 is 36.4 Å². The van der Waals surface area contributed by atoms with Crippen molar-refractivity contribution in [2.45, 2.75) is 6.92 Å². The van der Waals surface area contributed by atoms with Gasteiger partial charge in [-0.3, -0.25) is 4.90 Å². The van der Waals surface area contributed by atoms with Crippen molar-refractivity contribution < 1.29 is 0 Å². The van der Waals surface area contributed by atoms with Crippen LogP contribution in [0.4, 0.5) is 5.82 Å². The molecular weight excluding hydrogens is 307 g/mol. The SMILES string of the molecule is Cc1nc(NCCN2CCNCC2)ccc1Cl.Cl.Cl. The van der Waals surface area contributed by atoms with Crippen LogP contribution in [0.2, 0.25) is 5.02 Å². The summed E-state index contributed by atoms with van der Waals surface area (Å²) in [5, 5.41) is 7.40. The molecule has 1 aliphatic rings. The highest BCUT2D eigenvalue weighted by Crippen LogP contribution is 2.14. The Hall–Kier alpha value is -0.260. The van der Waals surface area contributed by atoms with Crippen molar-refractivity contribution >= 4 is 42.2 Å². The highest BCUT2D eigenvalue weighted by molar-refractivity contribution is 6.31. The van der Waals surface area contributed by atoms with Crippen LogP contribution in [0.3, 0.4) is 0 Å². The van der Waals surface area contributed by atoms with E-state index in [0.29, 0.717) is 0 Å². The second-order valence-electron chi connectivity index (χ2n) is 4.28. The van der Waals surface area contributed by atoms with Gasteiger partial charge in [-0.2, -0.15) is 0 Å². The molecule has 2 heterocycles. The average molecular weight is 328 g/mol. The first-order chi connectivity index (χ1) is 8.25. The van der Waals surface area contributed by atoms with Crippen LogP contribution in [0.25, 0.3) is 0 Å². The zero-order chi connectivity index (χ0) is 12.1. The summed E-state index contributed by atoms with van der Waals surface area (Å²) in [6.45, 7) is 8.36. The van der Waals surface area contributed by atoms with E-state index < -0.39 is 0 Å². The van der Waals surface area contributed by atoms with Gasteiger partial charge in [0.2, 0.25) is 0 Å². The molecule has 0 unspecified atom stereocenters. The lowest BCUT2D eigenvalue weighted by Gasteiger charge is -2.27.